The Morgan fingerprint density at radius 3 is 2.75 bits per heavy atom. The van der Waals surface area contributed by atoms with E-state index < -0.39 is 17.3 Å². The number of carbonyl (C=O) groups is 1. The maximum atomic E-state index is 12.0. The molecule has 4 heteroatoms. The van der Waals surface area contributed by atoms with Crippen LogP contribution in [0.25, 0.3) is 0 Å². The highest BCUT2D eigenvalue weighted by Gasteiger charge is 2.70. The van der Waals surface area contributed by atoms with Crippen LogP contribution in [0.15, 0.2) is 23.8 Å². The number of hydrogen-bond donors (Lipinski definition) is 1. The molecule has 1 saturated heterocycles. The minimum Gasteiger partial charge on any atom is -0.379 e. The van der Waals surface area contributed by atoms with Crippen molar-refractivity contribution in [3.8, 4) is 0 Å². The second kappa shape index (κ2) is 5.10. The molecule has 1 heterocycles. The Labute approximate surface area is 120 Å². The highest BCUT2D eigenvalue weighted by Crippen LogP contribution is 2.54. The summed E-state index contributed by atoms with van der Waals surface area (Å²) in [6.45, 7) is 9.84. The number of allylic oxidation sites excluding steroid dienone is 1. The molecule has 0 aromatic heterocycles. The number of aliphatic hydroxyl groups is 1. The first-order valence-corrected chi connectivity index (χ1v) is 7.04. The van der Waals surface area contributed by atoms with Crippen LogP contribution < -0.4 is 0 Å². The number of methoxy groups -OCH3 is 1. The average Bonchev–Trinajstić information content (AvgIpc) is 3.05. The summed E-state index contributed by atoms with van der Waals surface area (Å²) in [6, 6.07) is 0. The molecule has 20 heavy (non-hydrogen) atoms. The van der Waals surface area contributed by atoms with Gasteiger partial charge < -0.3 is 14.6 Å². The number of ether oxygens (including phenoxy) is 2. The van der Waals surface area contributed by atoms with Crippen LogP contribution in [0.2, 0.25) is 0 Å². The van der Waals surface area contributed by atoms with Crippen molar-refractivity contribution in [2.45, 2.75) is 63.4 Å². The Bertz CT molecular complexity index is 463. The molecule has 1 aliphatic carbocycles. The SMILES string of the molecule is C=C1CCC(=O)C(OC)C1(O)C1(C)OC1CC=C(C)C. The summed E-state index contributed by atoms with van der Waals surface area (Å²) in [5.41, 5.74) is -0.396. The Morgan fingerprint density at radius 2 is 2.20 bits per heavy atom. The standard InChI is InChI=1S/C16H24O4/c1-10(2)6-9-13-15(4,20-13)16(18)11(3)7-8-12(17)14(16)19-5/h6,13-14,18H,3,7-9H2,1-2,4-5H3. The zero-order valence-electron chi connectivity index (χ0n) is 12.7. The van der Waals surface area contributed by atoms with E-state index in [-0.39, 0.29) is 11.9 Å². The zero-order chi connectivity index (χ0) is 15.1. The Morgan fingerprint density at radius 1 is 1.55 bits per heavy atom. The Kier molecular flexibility index (Phi) is 3.93. The van der Waals surface area contributed by atoms with Gasteiger partial charge in [-0.3, -0.25) is 4.79 Å². The van der Waals surface area contributed by atoms with E-state index in [0.29, 0.717) is 18.4 Å². The van der Waals surface area contributed by atoms with Crippen molar-refractivity contribution in [2.75, 3.05) is 7.11 Å². The van der Waals surface area contributed by atoms with Gasteiger partial charge in [0.1, 0.15) is 11.2 Å². The second-order valence-electron chi connectivity index (χ2n) is 6.18. The third-order valence-corrected chi connectivity index (χ3v) is 4.56. The van der Waals surface area contributed by atoms with Crippen molar-refractivity contribution in [2.24, 2.45) is 0 Å². The molecule has 0 amide bonds. The smallest absolute Gasteiger partial charge is 0.165 e. The molecule has 0 aromatic rings. The summed E-state index contributed by atoms with van der Waals surface area (Å²) in [5.74, 6) is -0.0833. The predicted octanol–water partition coefficient (Wildman–Crippen LogP) is 2.17. The van der Waals surface area contributed by atoms with Gasteiger partial charge in [-0.15, -0.1) is 0 Å². The number of epoxide rings is 1. The summed E-state index contributed by atoms with van der Waals surface area (Å²) >= 11 is 0. The fourth-order valence-corrected chi connectivity index (χ4v) is 3.14. The van der Waals surface area contributed by atoms with Crippen molar-refractivity contribution in [1.82, 2.24) is 0 Å². The van der Waals surface area contributed by atoms with Gasteiger partial charge >= 0.3 is 0 Å². The van der Waals surface area contributed by atoms with E-state index in [2.05, 4.69) is 12.7 Å². The topological polar surface area (TPSA) is 59.1 Å². The number of Topliss-reactive ketones (excluding diaryl/α,β-unsaturated/α-hetero) is 1. The van der Waals surface area contributed by atoms with Crippen LogP contribution in [-0.2, 0) is 14.3 Å². The number of ketones is 1. The molecule has 112 valence electrons. The highest BCUT2D eigenvalue weighted by molar-refractivity contribution is 5.87. The average molecular weight is 280 g/mol. The minimum absolute atomic E-state index is 0.0833. The van der Waals surface area contributed by atoms with E-state index >= 15 is 0 Å². The van der Waals surface area contributed by atoms with Crippen molar-refractivity contribution >= 4 is 5.78 Å². The molecule has 4 unspecified atom stereocenters. The van der Waals surface area contributed by atoms with Gasteiger partial charge in [-0.2, -0.15) is 0 Å². The monoisotopic (exact) mass is 280 g/mol. The van der Waals surface area contributed by atoms with E-state index in [1.165, 1.54) is 12.7 Å². The maximum Gasteiger partial charge on any atom is 0.165 e. The molecular formula is C16H24O4. The lowest BCUT2D eigenvalue weighted by atomic mass is 9.69. The van der Waals surface area contributed by atoms with E-state index in [1.54, 1.807) is 0 Å². The van der Waals surface area contributed by atoms with Crippen molar-refractivity contribution in [3.05, 3.63) is 23.8 Å². The normalized spacial score (nSPS) is 40.6. The summed E-state index contributed by atoms with van der Waals surface area (Å²) in [6.07, 6.45) is 2.67. The maximum absolute atomic E-state index is 12.0. The van der Waals surface area contributed by atoms with Gasteiger partial charge in [-0.05, 0) is 39.2 Å². The number of carbonyl (C=O) groups excluding carboxylic acids is 1. The number of rotatable bonds is 4. The molecule has 1 N–H and O–H groups in total. The van der Waals surface area contributed by atoms with Crippen LogP contribution in [0.3, 0.4) is 0 Å². The van der Waals surface area contributed by atoms with Crippen LogP contribution in [0.1, 0.15) is 40.0 Å². The molecule has 2 aliphatic rings. The first-order valence-electron chi connectivity index (χ1n) is 7.04. The van der Waals surface area contributed by atoms with E-state index in [1.807, 2.05) is 20.8 Å². The largest absolute Gasteiger partial charge is 0.379 e. The van der Waals surface area contributed by atoms with Crippen LogP contribution in [0, 0.1) is 0 Å². The van der Waals surface area contributed by atoms with Crippen LogP contribution >= 0.6 is 0 Å². The minimum atomic E-state index is -1.43. The number of hydrogen-bond acceptors (Lipinski definition) is 4. The quantitative estimate of drug-likeness (QED) is 0.633. The molecule has 0 aromatic carbocycles. The van der Waals surface area contributed by atoms with Crippen LogP contribution in [-0.4, -0.2) is 41.4 Å². The molecule has 4 nitrogen and oxygen atoms in total. The third kappa shape index (κ3) is 2.16. The summed E-state index contributed by atoms with van der Waals surface area (Å²) < 4.78 is 11.0. The molecule has 2 fully saturated rings. The molecule has 0 spiro atoms. The van der Waals surface area contributed by atoms with E-state index in [9.17, 15) is 9.90 Å². The van der Waals surface area contributed by atoms with Gasteiger partial charge in [0, 0.05) is 13.5 Å². The van der Waals surface area contributed by atoms with Crippen LogP contribution in [0.5, 0.6) is 0 Å². The van der Waals surface area contributed by atoms with Crippen molar-refractivity contribution in [3.63, 3.8) is 0 Å². The third-order valence-electron chi connectivity index (χ3n) is 4.56. The lowest BCUT2D eigenvalue weighted by molar-refractivity contribution is -0.157. The lowest BCUT2D eigenvalue weighted by Gasteiger charge is -2.42. The second-order valence-corrected chi connectivity index (χ2v) is 6.18. The van der Waals surface area contributed by atoms with Gasteiger partial charge in [0.2, 0.25) is 0 Å². The molecule has 1 saturated carbocycles. The first-order chi connectivity index (χ1) is 9.27. The molecular weight excluding hydrogens is 256 g/mol. The Balaban J connectivity index is 2.26. The fraction of sp³-hybridized carbons (Fsp3) is 0.688. The van der Waals surface area contributed by atoms with Gasteiger partial charge in [0.05, 0.1) is 6.10 Å². The zero-order valence-corrected chi connectivity index (χ0v) is 12.7. The first kappa shape index (κ1) is 15.4. The fourth-order valence-electron chi connectivity index (χ4n) is 3.14. The van der Waals surface area contributed by atoms with E-state index in [0.717, 1.165) is 6.42 Å². The predicted molar refractivity (Wildman–Crippen MR) is 76.5 cm³/mol. The van der Waals surface area contributed by atoms with Gasteiger partial charge in [-0.25, -0.2) is 0 Å². The summed E-state index contributed by atoms with van der Waals surface area (Å²) in [4.78, 5) is 12.0. The van der Waals surface area contributed by atoms with Crippen LogP contribution in [0.4, 0.5) is 0 Å². The van der Waals surface area contributed by atoms with E-state index in [4.69, 9.17) is 9.47 Å². The molecule has 0 radical (unpaired) electrons. The summed E-state index contributed by atoms with van der Waals surface area (Å²) in [5, 5.41) is 11.1. The summed E-state index contributed by atoms with van der Waals surface area (Å²) in [7, 11) is 1.45. The van der Waals surface area contributed by atoms with Crippen molar-refractivity contribution < 1.29 is 19.4 Å². The Hall–Kier alpha value is -0.970. The highest BCUT2D eigenvalue weighted by atomic mass is 16.6. The molecule has 2 rings (SSSR count). The van der Waals surface area contributed by atoms with Gasteiger partial charge in [0.15, 0.2) is 11.9 Å². The molecule has 0 bridgehead atoms. The molecule has 4 atom stereocenters. The van der Waals surface area contributed by atoms with Gasteiger partial charge in [-0.1, -0.05) is 18.2 Å². The van der Waals surface area contributed by atoms with Gasteiger partial charge in [0.25, 0.3) is 0 Å². The molecule has 1 aliphatic heterocycles. The lowest BCUT2D eigenvalue weighted by Crippen LogP contribution is -2.61. The van der Waals surface area contributed by atoms with Crippen molar-refractivity contribution in [1.29, 1.82) is 0 Å².